The molecule has 2 aliphatic rings. The zero-order valence-electron chi connectivity index (χ0n) is 20.2. The summed E-state index contributed by atoms with van der Waals surface area (Å²) in [5.74, 6) is 6.64. The molecule has 5 rings (SSSR count). The van der Waals surface area contributed by atoms with Crippen LogP contribution >= 0.6 is 0 Å². The number of benzene rings is 3. The molecule has 3 aromatic carbocycles. The Balaban J connectivity index is 1.49. The van der Waals surface area contributed by atoms with Crippen molar-refractivity contribution in [3.05, 3.63) is 89.2 Å². The number of halogens is 1. The minimum absolute atomic E-state index is 0.00516. The van der Waals surface area contributed by atoms with Crippen LogP contribution in [-0.4, -0.2) is 49.4 Å². The van der Waals surface area contributed by atoms with Gasteiger partial charge in [0.15, 0.2) is 0 Å². The molecule has 3 aromatic rings. The molecular formula is C29H28FN3O3. The molecule has 2 N–H and O–H groups in total. The van der Waals surface area contributed by atoms with E-state index < -0.39 is 0 Å². The Kier molecular flexibility index (Phi) is 6.53. The van der Waals surface area contributed by atoms with E-state index in [1.807, 2.05) is 48.3 Å². The molecule has 0 spiro atoms. The second-order valence-electron chi connectivity index (χ2n) is 9.11. The van der Waals surface area contributed by atoms with Gasteiger partial charge in [-0.15, -0.1) is 0 Å². The van der Waals surface area contributed by atoms with E-state index in [-0.39, 0.29) is 36.5 Å². The summed E-state index contributed by atoms with van der Waals surface area (Å²) in [4.78, 5) is 17.4. The highest BCUT2D eigenvalue weighted by Gasteiger charge is 2.47. The van der Waals surface area contributed by atoms with Crippen LogP contribution in [0.3, 0.4) is 0 Å². The Bertz CT molecular complexity index is 1330. The van der Waals surface area contributed by atoms with Crippen LogP contribution in [-0.2, 0) is 0 Å². The largest absolute Gasteiger partial charge is 0.495 e. The smallest absolute Gasteiger partial charge is 0.322 e. The number of nitrogens with zero attached hydrogens (tertiary/aromatic N) is 2. The number of ether oxygens (including phenoxy) is 1. The first-order valence-corrected chi connectivity index (χ1v) is 12.0. The van der Waals surface area contributed by atoms with Gasteiger partial charge < -0.3 is 25.0 Å². The second-order valence-corrected chi connectivity index (χ2v) is 9.11. The average molecular weight is 486 g/mol. The van der Waals surface area contributed by atoms with Gasteiger partial charge in [-0.2, -0.15) is 0 Å². The van der Waals surface area contributed by atoms with Crippen LogP contribution in [0.25, 0.3) is 0 Å². The lowest BCUT2D eigenvalue weighted by Crippen LogP contribution is -2.48. The zero-order chi connectivity index (χ0) is 25.2. The highest BCUT2D eigenvalue weighted by molar-refractivity contribution is 5.91. The quantitative estimate of drug-likeness (QED) is 0.531. The number of hydrogen-bond donors (Lipinski definition) is 2. The van der Waals surface area contributed by atoms with Crippen LogP contribution in [0, 0.1) is 23.6 Å². The summed E-state index contributed by atoms with van der Waals surface area (Å²) in [6.07, 6.45) is 0.782. The van der Waals surface area contributed by atoms with E-state index in [9.17, 15) is 14.3 Å². The molecule has 7 heteroatoms. The van der Waals surface area contributed by atoms with Crippen LogP contribution < -0.4 is 15.0 Å². The first-order chi connectivity index (χ1) is 17.5. The van der Waals surface area contributed by atoms with E-state index in [1.165, 1.54) is 12.1 Å². The number of anilines is 2. The molecule has 0 aliphatic carbocycles. The Labute approximate surface area is 210 Å². The van der Waals surface area contributed by atoms with Gasteiger partial charge in [0, 0.05) is 36.3 Å². The molecule has 2 heterocycles. The number of nitrogens with one attached hydrogen (secondary N) is 1. The number of amides is 2. The number of methoxy groups -OCH3 is 1. The lowest BCUT2D eigenvalue weighted by molar-refractivity contribution is 0.168. The first-order valence-electron chi connectivity index (χ1n) is 12.0. The van der Waals surface area contributed by atoms with Crippen molar-refractivity contribution < 1.29 is 19.0 Å². The van der Waals surface area contributed by atoms with E-state index in [2.05, 4.69) is 22.1 Å². The Morgan fingerprint density at radius 1 is 1.11 bits per heavy atom. The van der Waals surface area contributed by atoms with Crippen molar-refractivity contribution in [1.29, 1.82) is 0 Å². The van der Waals surface area contributed by atoms with E-state index in [1.54, 1.807) is 25.3 Å². The van der Waals surface area contributed by atoms with Gasteiger partial charge in [-0.1, -0.05) is 24.0 Å². The number of likely N-dealkylation sites (tertiary alicyclic amines) is 1. The molecule has 0 bridgehead atoms. The number of aliphatic hydroxyl groups excluding tert-OH is 1. The molecule has 0 radical (unpaired) electrons. The molecule has 3 atom stereocenters. The molecule has 1 saturated heterocycles. The van der Waals surface area contributed by atoms with E-state index in [0.717, 1.165) is 28.8 Å². The number of hydrogen-bond acceptors (Lipinski definition) is 4. The minimum Gasteiger partial charge on any atom is -0.495 e. The summed E-state index contributed by atoms with van der Waals surface area (Å²) >= 11 is 0. The van der Waals surface area contributed by atoms with Gasteiger partial charge in [0.1, 0.15) is 11.6 Å². The van der Waals surface area contributed by atoms with Crippen molar-refractivity contribution in [3.8, 4) is 17.6 Å². The molecule has 36 heavy (non-hydrogen) atoms. The topological polar surface area (TPSA) is 65.0 Å². The van der Waals surface area contributed by atoms with Crippen molar-refractivity contribution in [1.82, 2.24) is 4.90 Å². The zero-order valence-corrected chi connectivity index (χ0v) is 20.2. The van der Waals surface area contributed by atoms with Gasteiger partial charge in [-0.3, -0.25) is 0 Å². The van der Waals surface area contributed by atoms with Gasteiger partial charge in [0.05, 0.1) is 31.5 Å². The standard InChI is InChI=1S/C29H28FN3O3/c1-32-25-14-11-20(8-7-19-9-12-21(30)13-10-19)17-23(25)28-22(26(32)18-34)15-16-33(28)29(35)31-24-5-3-4-6-27(24)36-2/h3-6,9-14,17,22,26,28,34H,15-16,18H2,1-2H3,(H,31,35)/t22-,26+,28-/m1/s1. The summed E-state index contributed by atoms with van der Waals surface area (Å²) in [5, 5.41) is 13.2. The number of carbonyl (C=O) groups excluding carboxylic acids is 1. The number of aliphatic hydroxyl groups is 1. The Hall–Kier alpha value is -4.02. The maximum Gasteiger partial charge on any atom is 0.322 e. The predicted octanol–water partition coefficient (Wildman–Crippen LogP) is 4.64. The van der Waals surface area contributed by atoms with Gasteiger partial charge in [0.2, 0.25) is 0 Å². The molecular weight excluding hydrogens is 457 g/mol. The van der Waals surface area contributed by atoms with Crippen molar-refractivity contribution in [2.75, 3.05) is 37.5 Å². The number of fused-ring (bicyclic) bond motifs is 3. The van der Waals surface area contributed by atoms with Crippen molar-refractivity contribution >= 4 is 17.4 Å². The highest BCUT2D eigenvalue weighted by Crippen LogP contribution is 2.48. The van der Waals surface area contributed by atoms with E-state index in [4.69, 9.17) is 4.74 Å². The SMILES string of the molecule is COc1ccccc1NC(=O)N1CC[C@H]2[C@@H]1c1cc(C#Cc3ccc(F)cc3)ccc1N(C)[C@H]2CO. The first kappa shape index (κ1) is 23.7. The summed E-state index contributed by atoms with van der Waals surface area (Å²) in [5.41, 5.74) is 4.12. The van der Waals surface area contributed by atoms with E-state index in [0.29, 0.717) is 18.0 Å². The van der Waals surface area contributed by atoms with Crippen LogP contribution in [0.2, 0.25) is 0 Å². The number of rotatable bonds is 3. The van der Waals surface area contributed by atoms with Crippen molar-refractivity contribution in [2.45, 2.75) is 18.5 Å². The van der Waals surface area contributed by atoms with Gasteiger partial charge in [-0.25, -0.2) is 9.18 Å². The molecule has 0 saturated carbocycles. The molecule has 0 aromatic heterocycles. The van der Waals surface area contributed by atoms with Crippen molar-refractivity contribution in [3.63, 3.8) is 0 Å². The molecule has 0 unspecified atom stereocenters. The number of likely N-dealkylation sites (N-methyl/N-ethyl adjacent to an activating group) is 1. The summed E-state index contributed by atoms with van der Waals surface area (Å²) in [6.45, 7) is 0.580. The normalized spacial score (nSPS) is 20.2. The third kappa shape index (κ3) is 4.36. The molecule has 2 amide bonds. The van der Waals surface area contributed by atoms with Crippen molar-refractivity contribution in [2.24, 2.45) is 5.92 Å². The highest BCUT2D eigenvalue weighted by atomic mass is 19.1. The van der Waals surface area contributed by atoms with Gasteiger partial charge in [-0.05, 0) is 66.6 Å². The Morgan fingerprint density at radius 2 is 1.83 bits per heavy atom. The lowest BCUT2D eigenvalue weighted by Gasteiger charge is -2.44. The maximum absolute atomic E-state index is 13.5. The van der Waals surface area contributed by atoms with Gasteiger partial charge in [0.25, 0.3) is 0 Å². The van der Waals surface area contributed by atoms with Crippen LogP contribution in [0.4, 0.5) is 20.6 Å². The van der Waals surface area contributed by atoms with E-state index >= 15 is 0 Å². The monoisotopic (exact) mass is 485 g/mol. The molecule has 1 fully saturated rings. The van der Waals surface area contributed by atoms with Crippen LogP contribution in [0.15, 0.2) is 66.7 Å². The lowest BCUT2D eigenvalue weighted by atomic mass is 9.81. The summed E-state index contributed by atoms with van der Waals surface area (Å²) in [7, 11) is 3.56. The maximum atomic E-state index is 13.5. The van der Waals surface area contributed by atoms with Gasteiger partial charge >= 0.3 is 6.03 Å². The second kappa shape index (κ2) is 9.92. The number of carbonyl (C=O) groups is 1. The van der Waals surface area contributed by atoms with Crippen LogP contribution in [0.5, 0.6) is 5.75 Å². The molecule has 2 aliphatic heterocycles. The minimum atomic E-state index is -0.297. The third-order valence-corrected chi connectivity index (χ3v) is 7.15. The number of urea groups is 1. The third-order valence-electron chi connectivity index (χ3n) is 7.15. The number of para-hydroxylation sites is 2. The molecule has 6 nitrogen and oxygen atoms in total. The van der Waals surface area contributed by atoms with Crippen LogP contribution in [0.1, 0.15) is 29.2 Å². The fraction of sp³-hybridized carbons (Fsp3) is 0.276. The fourth-order valence-electron chi connectivity index (χ4n) is 5.37. The fourth-order valence-corrected chi connectivity index (χ4v) is 5.37. The Morgan fingerprint density at radius 3 is 2.58 bits per heavy atom. The summed E-state index contributed by atoms with van der Waals surface area (Å²) < 4.78 is 18.6. The molecule has 184 valence electrons. The predicted molar refractivity (Wildman–Crippen MR) is 138 cm³/mol. The average Bonchev–Trinajstić information content (AvgIpc) is 3.34. The summed E-state index contributed by atoms with van der Waals surface area (Å²) in [6, 6.07) is 18.9.